The normalized spacial score (nSPS) is 15.4. The number of carbonyl (C=O) groups is 1. The first-order chi connectivity index (χ1) is 11.6. The molecule has 0 aliphatic carbocycles. The molecular weight excluding hydrogens is 342 g/mol. The molecule has 0 saturated carbocycles. The monoisotopic (exact) mass is 369 g/mol. The fourth-order valence-electron chi connectivity index (χ4n) is 2.49. The number of rotatable bonds is 8. The highest BCUT2D eigenvalue weighted by molar-refractivity contribution is 7.89. The van der Waals surface area contributed by atoms with E-state index in [2.05, 4.69) is 18.2 Å². The molecule has 0 aliphatic rings. The summed E-state index contributed by atoms with van der Waals surface area (Å²) in [5.74, 6) is -0.567. The zero-order valence-corrected chi connectivity index (χ0v) is 16.2. The molecule has 7 heteroatoms. The average Bonchev–Trinajstić information content (AvgIpc) is 2.59. The van der Waals surface area contributed by atoms with Crippen molar-refractivity contribution in [3.63, 3.8) is 0 Å². The maximum absolute atomic E-state index is 12.8. The van der Waals surface area contributed by atoms with Crippen LogP contribution in [0.5, 0.6) is 5.75 Å². The van der Waals surface area contributed by atoms with Crippen LogP contribution in [0.3, 0.4) is 0 Å². The molecule has 0 amide bonds. The number of phenolic OH excluding ortho intramolecular Hbond substituents is 1. The number of sulfonamides is 1. The van der Waals surface area contributed by atoms with Crippen molar-refractivity contribution in [2.75, 3.05) is 14.2 Å². The van der Waals surface area contributed by atoms with Crippen molar-refractivity contribution in [1.29, 1.82) is 0 Å². The van der Waals surface area contributed by atoms with Gasteiger partial charge in [-0.1, -0.05) is 19.9 Å². The Morgan fingerprint density at radius 1 is 1.36 bits per heavy atom. The Hall–Kier alpha value is -1.86. The first kappa shape index (κ1) is 21.2. The third-order valence-electron chi connectivity index (χ3n) is 4.65. The first-order valence-electron chi connectivity index (χ1n) is 8.08. The molecule has 3 unspecified atom stereocenters. The molecule has 0 heterocycles. The van der Waals surface area contributed by atoms with Crippen molar-refractivity contribution in [2.45, 2.75) is 38.1 Å². The van der Waals surface area contributed by atoms with E-state index in [0.717, 1.165) is 6.07 Å². The average molecular weight is 369 g/mol. The Labute approximate surface area is 150 Å². The summed E-state index contributed by atoms with van der Waals surface area (Å²) in [5.41, 5.74) is -0.182. The summed E-state index contributed by atoms with van der Waals surface area (Å²) in [6.45, 7) is 9.71. The lowest BCUT2D eigenvalue weighted by Gasteiger charge is -2.28. The van der Waals surface area contributed by atoms with E-state index in [9.17, 15) is 18.3 Å². The smallest absolute Gasteiger partial charge is 0.341 e. The second-order valence-electron chi connectivity index (χ2n) is 6.35. The number of aromatic hydroxyl groups is 1. The molecule has 0 fully saturated rings. The fourth-order valence-corrected chi connectivity index (χ4v) is 3.88. The number of ether oxygens (including phenoxy) is 1. The number of allylic oxidation sites excluding steroid dienone is 1. The molecule has 0 radical (unpaired) electrons. The molecule has 0 aliphatic heterocycles. The van der Waals surface area contributed by atoms with Crippen LogP contribution >= 0.6 is 0 Å². The van der Waals surface area contributed by atoms with Gasteiger partial charge >= 0.3 is 5.97 Å². The van der Waals surface area contributed by atoms with Gasteiger partial charge in [-0.25, -0.2) is 13.2 Å². The van der Waals surface area contributed by atoms with Gasteiger partial charge < -0.3 is 9.84 Å². The second kappa shape index (κ2) is 8.49. The van der Waals surface area contributed by atoms with E-state index in [1.165, 1.54) is 30.6 Å². The predicted molar refractivity (Wildman–Crippen MR) is 97.0 cm³/mol. The van der Waals surface area contributed by atoms with Crippen molar-refractivity contribution in [2.24, 2.45) is 11.8 Å². The highest BCUT2D eigenvalue weighted by atomic mass is 32.2. The van der Waals surface area contributed by atoms with E-state index in [-0.39, 0.29) is 34.1 Å². The lowest BCUT2D eigenvalue weighted by Crippen LogP contribution is -2.36. The summed E-state index contributed by atoms with van der Waals surface area (Å²) >= 11 is 0. The van der Waals surface area contributed by atoms with Crippen LogP contribution < -0.4 is 0 Å². The lowest BCUT2D eigenvalue weighted by atomic mass is 9.90. The molecule has 1 aromatic rings. The van der Waals surface area contributed by atoms with Gasteiger partial charge in [0.2, 0.25) is 10.0 Å². The summed E-state index contributed by atoms with van der Waals surface area (Å²) in [6.07, 6.45) is 2.53. The van der Waals surface area contributed by atoms with Crippen LogP contribution in [0.1, 0.15) is 37.6 Å². The van der Waals surface area contributed by atoms with Crippen molar-refractivity contribution >= 4 is 16.0 Å². The summed E-state index contributed by atoms with van der Waals surface area (Å²) in [4.78, 5) is 11.6. The Morgan fingerprint density at radius 3 is 2.48 bits per heavy atom. The van der Waals surface area contributed by atoms with Gasteiger partial charge in [0, 0.05) is 13.1 Å². The number of methoxy groups -OCH3 is 1. The summed E-state index contributed by atoms with van der Waals surface area (Å²) in [5, 5.41) is 9.74. The van der Waals surface area contributed by atoms with Crippen LogP contribution in [-0.2, 0) is 14.8 Å². The quantitative estimate of drug-likeness (QED) is 0.562. The number of hydrogen-bond acceptors (Lipinski definition) is 5. The lowest BCUT2D eigenvalue weighted by molar-refractivity contribution is 0.0597. The minimum atomic E-state index is -3.81. The molecule has 6 nitrogen and oxygen atoms in total. The molecule has 140 valence electrons. The van der Waals surface area contributed by atoms with Gasteiger partial charge in [-0.3, -0.25) is 0 Å². The maximum atomic E-state index is 12.8. The molecule has 3 atom stereocenters. The summed E-state index contributed by atoms with van der Waals surface area (Å²) < 4.78 is 31.5. The van der Waals surface area contributed by atoms with Gasteiger partial charge in [-0.2, -0.15) is 4.31 Å². The van der Waals surface area contributed by atoms with Crippen molar-refractivity contribution in [3.05, 3.63) is 36.4 Å². The Morgan fingerprint density at radius 2 is 1.96 bits per heavy atom. The number of benzene rings is 1. The third-order valence-corrected chi connectivity index (χ3v) is 6.62. The Balaban J connectivity index is 3.11. The molecule has 1 N–H and O–H groups in total. The standard InChI is InChI=1S/C18H27NO5S/c1-7-12(2)13(3)10-14(4)19(5)25(22,23)15-8-9-17(20)16(11-15)18(21)24-6/h7-9,11-14,20H,1,10H2,2-6H3. The Kier molecular flexibility index (Phi) is 7.19. The van der Waals surface area contributed by atoms with Gasteiger partial charge in [0.25, 0.3) is 0 Å². The van der Waals surface area contributed by atoms with Crippen molar-refractivity contribution < 1.29 is 23.1 Å². The van der Waals surface area contributed by atoms with E-state index in [1.54, 1.807) is 0 Å². The number of phenols is 1. The predicted octanol–water partition coefficient (Wildman–Crippen LogP) is 3.04. The van der Waals surface area contributed by atoms with Crippen LogP contribution in [0.15, 0.2) is 35.7 Å². The van der Waals surface area contributed by atoms with Crippen LogP contribution in [0.2, 0.25) is 0 Å². The molecule has 0 spiro atoms. The van der Waals surface area contributed by atoms with Gasteiger partial charge in [0.1, 0.15) is 11.3 Å². The highest BCUT2D eigenvalue weighted by Crippen LogP contribution is 2.27. The van der Waals surface area contributed by atoms with E-state index in [0.29, 0.717) is 6.42 Å². The molecule has 0 aromatic heterocycles. The fraction of sp³-hybridized carbons (Fsp3) is 0.500. The largest absolute Gasteiger partial charge is 0.507 e. The highest BCUT2D eigenvalue weighted by Gasteiger charge is 2.28. The molecule has 25 heavy (non-hydrogen) atoms. The molecule has 0 saturated heterocycles. The molecule has 0 bridgehead atoms. The van der Waals surface area contributed by atoms with Crippen LogP contribution in [0, 0.1) is 11.8 Å². The van der Waals surface area contributed by atoms with Gasteiger partial charge in [-0.05, 0) is 43.4 Å². The van der Waals surface area contributed by atoms with Crippen molar-refractivity contribution in [3.8, 4) is 5.75 Å². The zero-order valence-electron chi connectivity index (χ0n) is 15.4. The van der Waals surface area contributed by atoms with Crippen LogP contribution in [0.4, 0.5) is 0 Å². The minimum Gasteiger partial charge on any atom is -0.507 e. The molecule has 1 aromatic carbocycles. The summed E-state index contributed by atoms with van der Waals surface area (Å²) in [7, 11) is -1.13. The molecule has 1 rings (SSSR count). The first-order valence-corrected chi connectivity index (χ1v) is 9.52. The summed E-state index contributed by atoms with van der Waals surface area (Å²) in [6, 6.07) is 3.35. The third kappa shape index (κ3) is 4.83. The maximum Gasteiger partial charge on any atom is 0.341 e. The van der Waals surface area contributed by atoms with Gasteiger partial charge in [0.15, 0.2) is 0 Å². The SMILES string of the molecule is C=CC(C)C(C)CC(C)N(C)S(=O)(=O)c1ccc(O)c(C(=O)OC)c1. The second-order valence-corrected chi connectivity index (χ2v) is 8.35. The van der Waals surface area contributed by atoms with E-state index in [1.807, 2.05) is 19.9 Å². The minimum absolute atomic E-state index is 0.0653. The van der Waals surface area contributed by atoms with E-state index < -0.39 is 16.0 Å². The van der Waals surface area contributed by atoms with E-state index in [4.69, 9.17) is 0 Å². The number of carbonyl (C=O) groups excluding carboxylic acids is 1. The number of esters is 1. The van der Waals surface area contributed by atoms with Crippen molar-refractivity contribution in [1.82, 2.24) is 4.31 Å². The van der Waals surface area contributed by atoms with Crippen LogP contribution in [-0.4, -0.2) is 44.0 Å². The topological polar surface area (TPSA) is 83.9 Å². The van der Waals surface area contributed by atoms with Gasteiger partial charge in [-0.15, -0.1) is 6.58 Å². The Bertz CT molecular complexity index is 729. The van der Waals surface area contributed by atoms with E-state index >= 15 is 0 Å². The number of hydrogen-bond donors (Lipinski definition) is 1. The van der Waals surface area contributed by atoms with Gasteiger partial charge in [0.05, 0.1) is 12.0 Å². The van der Waals surface area contributed by atoms with Crippen LogP contribution in [0.25, 0.3) is 0 Å². The number of nitrogens with zero attached hydrogens (tertiary/aromatic N) is 1. The molecular formula is C18H27NO5S. The zero-order chi connectivity index (χ0) is 19.4.